The largest absolute Gasteiger partial charge is 0.481 e. The number of hydrazine groups is 1. The summed E-state index contributed by atoms with van der Waals surface area (Å²) in [7, 11) is 0. The monoisotopic (exact) mass is 366 g/mol. The molecule has 0 spiro atoms. The molecule has 7 nitrogen and oxygen atoms in total. The Kier molecular flexibility index (Phi) is 5.51. The van der Waals surface area contributed by atoms with E-state index in [1.807, 2.05) is 6.07 Å². The minimum Gasteiger partial charge on any atom is -0.481 e. The molecule has 1 fully saturated rings. The van der Waals surface area contributed by atoms with Gasteiger partial charge in [0, 0.05) is 5.56 Å². The summed E-state index contributed by atoms with van der Waals surface area (Å²) in [5.41, 5.74) is 3.59. The number of esters is 1. The van der Waals surface area contributed by atoms with Crippen LogP contribution in [0.3, 0.4) is 0 Å². The Labute approximate surface area is 156 Å². The maximum Gasteiger partial charge on any atom is 0.344 e. The first kappa shape index (κ1) is 18.2. The van der Waals surface area contributed by atoms with Gasteiger partial charge < -0.3 is 9.47 Å². The van der Waals surface area contributed by atoms with E-state index in [1.54, 1.807) is 55.5 Å². The highest BCUT2D eigenvalue weighted by Gasteiger charge is 2.34. The molecule has 27 heavy (non-hydrogen) atoms. The average Bonchev–Trinajstić information content (AvgIpc) is 2.96. The Morgan fingerprint density at radius 1 is 1.07 bits per heavy atom. The van der Waals surface area contributed by atoms with Crippen molar-refractivity contribution >= 4 is 29.5 Å². The lowest BCUT2D eigenvalue weighted by Crippen LogP contribution is -2.35. The van der Waals surface area contributed by atoms with Crippen LogP contribution >= 0.6 is 0 Å². The first-order valence-electron chi connectivity index (χ1n) is 8.39. The third-order valence-corrected chi connectivity index (χ3v) is 3.78. The third-order valence-electron chi connectivity index (χ3n) is 3.78. The first-order chi connectivity index (χ1) is 13.1. The van der Waals surface area contributed by atoms with Gasteiger partial charge in [-0.25, -0.2) is 9.80 Å². The van der Waals surface area contributed by atoms with Crippen molar-refractivity contribution in [1.82, 2.24) is 5.43 Å². The molecule has 0 atom stereocenters. The van der Waals surface area contributed by atoms with Gasteiger partial charge in [0.15, 0.2) is 6.61 Å². The molecule has 2 aromatic rings. The second-order valence-corrected chi connectivity index (χ2v) is 5.61. The summed E-state index contributed by atoms with van der Waals surface area (Å²) in [5.74, 6) is -1.10. The Balaban J connectivity index is 1.83. The van der Waals surface area contributed by atoms with Crippen LogP contribution in [0.15, 0.2) is 60.2 Å². The summed E-state index contributed by atoms with van der Waals surface area (Å²) in [5, 5.41) is 1.19. The van der Waals surface area contributed by atoms with Crippen molar-refractivity contribution in [3.05, 3.63) is 65.7 Å². The number of hydrogen-bond donors (Lipinski definition) is 1. The zero-order valence-corrected chi connectivity index (χ0v) is 14.7. The van der Waals surface area contributed by atoms with E-state index >= 15 is 0 Å². The van der Waals surface area contributed by atoms with Gasteiger partial charge in [-0.1, -0.05) is 36.4 Å². The highest BCUT2D eigenvalue weighted by Crippen LogP contribution is 2.25. The van der Waals surface area contributed by atoms with E-state index < -0.39 is 17.8 Å². The van der Waals surface area contributed by atoms with Crippen LogP contribution in [-0.2, 0) is 19.1 Å². The number of carbonyl (C=O) groups excluding carboxylic acids is 3. The topological polar surface area (TPSA) is 84.9 Å². The Bertz CT molecular complexity index is 892. The van der Waals surface area contributed by atoms with E-state index in [1.165, 1.54) is 11.1 Å². The van der Waals surface area contributed by atoms with Gasteiger partial charge in [0.05, 0.1) is 12.3 Å². The molecule has 0 saturated carbocycles. The van der Waals surface area contributed by atoms with Gasteiger partial charge >= 0.3 is 5.97 Å². The molecule has 0 aliphatic carbocycles. The Morgan fingerprint density at radius 3 is 2.52 bits per heavy atom. The molecule has 1 aliphatic heterocycles. The maximum absolute atomic E-state index is 12.6. The third kappa shape index (κ3) is 4.14. The average molecular weight is 366 g/mol. The lowest BCUT2D eigenvalue weighted by Gasteiger charge is -2.14. The summed E-state index contributed by atoms with van der Waals surface area (Å²) in [4.78, 5) is 36.4. The van der Waals surface area contributed by atoms with Crippen molar-refractivity contribution in [3.8, 4) is 5.75 Å². The summed E-state index contributed by atoms with van der Waals surface area (Å²) < 4.78 is 10.3. The lowest BCUT2D eigenvalue weighted by molar-refractivity contribution is -0.145. The molecule has 1 aliphatic rings. The van der Waals surface area contributed by atoms with Crippen molar-refractivity contribution in [2.45, 2.75) is 6.92 Å². The van der Waals surface area contributed by atoms with E-state index in [4.69, 9.17) is 9.47 Å². The summed E-state index contributed by atoms with van der Waals surface area (Å²) in [6, 6.07) is 15.6. The lowest BCUT2D eigenvalue weighted by atomic mass is 10.1. The number of anilines is 1. The van der Waals surface area contributed by atoms with E-state index in [0.717, 1.165) is 0 Å². The zero-order valence-electron chi connectivity index (χ0n) is 14.7. The van der Waals surface area contributed by atoms with Crippen LogP contribution < -0.4 is 15.2 Å². The van der Waals surface area contributed by atoms with Crippen LogP contribution in [0.5, 0.6) is 5.75 Å². The minimum absolute atomic E-state index is 0.0222. The normalized spacial score (nSPS) is 15.0. The number of para-hydroxylation sites is 2. The maximum atomic E-state index is 12.6. The number of carbonyl (C=O) groups is 3. The van der Waals surface area contributed by atoms with Crippen molar-refractivity contribution in [2.75, 3.05) is 18.2 Å². The van der Waals surface area contributed by atoms with Gasteiger partial charge in [0.1, 0.15) is 11.3 Å². The standard InChI is InChI=1S/C20H18N2O5/c1-2-26-18(23)13-27-17-11-7-6-8-14(17)12-16-19(24)21-22(20(16)25)15-9-4-3-5-10-15/h3-12H,2,13H2,1H3,(H,21,24)/b16-12-. The number of benzene rings is 2. The molecular formula is C20H18N2O5. The fourth-order valence-electron chi connectivity index (χ4n) is 2.54. The van der Waals surface area contributed by atoms with Crippen molar-refractivity contribution < 1.29 is 23.9 Å². The molecule has 0 bridgehead atoms. The summed E-state index contributed by atoms with van der Waals surface area (Å²) in [6.07, 6.45) is 1.45. The number of rotatable bonds is 6. The van der Waals surface area contributed by atoms with Crippen LogP contribution in [0.4, 0.5) is 5.69 Å². The highest BCUT2D eigenvalue weighted by molar-refractivity contribution is 6.31. The minimum atomic E-state index is -0.510. The molecule has 0 unspecified atom stereocenters. The molecule has 7 heteroatoms. The molecule has 2 aromatic carbocycles. The number of ether oxygens (including phenoxy) is 2. The number of nitrogens with zero attached hydrogens (tertiary/aromatic N) is 1. The SMILES string of the molecule is CCOC(=O)COc1ccccc1/C=C1/C(=O)NN(c2ccccc2)C1=O. The van der Waals surface area contributed by atoms with Gasteiger partial charge in [-0.15, -0.1) is 0 Å². The molecular weight excluding hydrogens is 348 g/mol. The van der Waals surface area contributed by atoms with Gasteiger partial charge in [0.25, 0.3) is 11.8 Å². The molecule has 3 rings (SSSR count). The first-order valence-corrected chi connectivity index (χ1v) is 8.39. The van der Waals surface area contributed by atoms with Crippen molar-refractivity contribution in [3.63, 3.8) is 0 Å². The summed E-state index contributed by atoms with van der Waals surface area (Å²) in [6.45, 7) is 1.71. The van der Waals surface area contributed by atoms with Crippen LogP contribution in [0, 0.1) is 0 Å². The van der Waals surface area contributed by atoms with Gasteiger partial charge in [-0.05, 0) is 31.2 Å². The van der Waals surface area contributed by atoms with E-state index in [9.17, 15) is 14.4 Å². The zero-order chi connectivity index (χ0) is 19.2. The fraction of sp³-hybridized carbons (Fsp3) is 0.150. The van der Waals surface area contributed by atoms with Crippen molar-refractivity contribution in [1.29, 1.82) is 0 Å². The Hall–Kier alpha value is -3.61. The molecule has 0 radical (unpaired) electrons. The van der Waals surface area contributed by atoms with Gasteiger partial charge in [0.2, 0.25) is 0 Å². The fourth-order valence-corrected chi connectivity index (χ4v) is 2.54. The molecule has 1 N–H and O–H groups in total. The second kappa shape index (κ2) is 8.18. The van der Waals surface area contributed by atoms with Gasteiger partial charge in [-0.3, -0.25) is 15.0 Å². The number of hydrogen-bond acceptors (Lipinski definition) is 5. The summed E-state index contributed by atoms with van der Waals surface area (Å²) >= 11 is 0. The number of amides is 2. The van der Waals surface area contributed by atoms with Crippen LogP contribution in [-0.4, -0.2) is 31.0 Å². The molecule has 138 valence electrons. The Morgan fingerprint density at radius 2 is 1.78 bits per heavy atom. The highest BCUT2D eigenvalue weighted by atomic mass is 16.6. The van der Waals surface area contributed by atoms with Gasteiger partial charge in [-0.2, -0.15) is 0 Å². The van der Waals surface area contributed by atoms with E-state index in [0.29, 0.717) is 17.0 Å². The van der Waals surface area contributed by atoms with Crippen LogP contribution in [0.1, 0.15) is 12.5 Å². The number of nitrogens with one attached hydrogen (secondary N) is 1. The smallest absolute Gasteiger partial charge is 0.344 e. The quantitative estimate of drug-likeness (QED) is 0.481. The predicted molar refractivity (Wildman–Crippen MR) is 98.6 cm³/mol. The molecule has 0 aromatic heterocycles. The second-order valence-electron chi connectivity index (χ2n) is 5.61. The molecule has 2 amide bonds. The molecule has 1 saturated heterocycles. The van der Waals surface area contributed by atoms with Crippen molar-refractivity contribution in [2.24, 2.45) is 0 Å². The van der Waals surface area contributed by atoms with E-state index in [2.05, 4.69) is 5.43 Å². The predicted octanol–water partition coefficient (Wildman–Crippen LogP) is 2.09. The van der Waals surface area contributed by atoms with Crippen LogP contribution in [0.25, 0.3) is 6.08 Å². The molecule has 1 heterocycles. The van der Waals surface area contributed by atoms with Crippen LogP contribution in [0.2, 0.25) is 0 Å². The van der Waals surface area contributed by atoms with E-state index in [-0.39, 0.29) is 18.8 Å².